The van der Waals surface area contributed by atoms with Crippen molar-refractivity contribution in [3.63, 3.8) is 0 Å². The first-order valence-corrected chi connectivity index (χ1v) is 6.90. The highest BCUT2D eigenvalue weighted by Crippen LogP contribution is 2.30. The zero-order valence-corrected chi connectivity index (χ0v) is 12.2. The lowest BCUT2D eigenvalue weighted by Crippen LogP contribution is -2.40. The van der Waals surface area contributed by atoms with Gasteiger partial charge in [-0.05, 0) is 19.9 Å². The molecule has 0 aliphatic carbocycles. The molecule has 21 heavy (non-hydrogen) atoms. The maximum absolute atomic E-state index is 12.2. The molecule has 0 aliphatic heterocycles. The number of aromatic hydroxyl groups is 1. The maximum atomic E-state index is 12.2. The minimum atomic E-state index is -0.748. The molecule has 0 bridgehead atoms. The van der Waals surface area contributed by atoms with Crippen molar-refractivity contribution in [1.82, 2.24) is 10.3 Å². The number of carbonyl (C=O) groups excluding carboxylic acids is 1. The van der Waals surface area contributed by atoms with Gasteiger partial charge in [-0.25, -0.2) is 4.98 Å². The Bertz CT molecular complexity index is 683. The third kappa shape index (κ3) is 3.00. The summed E-state index contributed by atoms with van der Waals surface area (Å²) >= 11 is 1.38. The average molecular weight is 307 g/mol. The third-order valence-corrected chi connectivity index (χ3v) is 3.95. The highest BCUT2D eigenvalue weighted by Gasteiger charge is 2.28. The van der Waals surface area contributed by atoms with Crippen LogP contribution in [0.1, 0.15) is 29.2 Å². The fraction of sp³-hybridized carbons (Fsp3) is 0.231. The van der Waals surface area contributed by atoms with Gasteiger partial charge in [-0.15, -0.1) is 11.3 Å². The van der Waals surface area contributed by atoms with Crippen LogP contribution in [0.4, 0.5) is 5.69 Å². The van der Waals surface area contributed by atoms with Gasteiger partial charge in [0, 0.05) is 17.6 Å². The molecule has 0 saturated heterocycles. The molecule has 1 amide bonds. The van der Waals surface area contributed by atoms with Gasteiger partial charge < -0.3 is 10.4 Å². The maximum Gasteiger partial charge on any atom is 0.311 e. The summed E-state index contributed by atoms with van der Waals surface area (Å²) in [4.78, 5) is 26.4. The highest BCUT2D eigenvalue weighted by atomic mass is 32.1. The third-order valence-electron chi connectivity index (χ3n) is 2.85. The number of hydrogen-bond acceptors (Lipinski definition) is 6. The molecule has 0 spiro atoms. The van der Waals surface area contributed by atoms with E-state index in [0.29, 0.717) is 5.01 Å². The molecule has 0 unspecified atom stereocenters. The number of nitrogens with one attached hydrogen (secondary N) is 1. The molecule has 0 aliphatic rings. The number of amides is 1. The summed E-state index contributed by atoms with van der Waals surface area (Å²) in [6.45, 7) is 3.52. The van der Waals surface area contributed by atoms with Gasteiger partial charge in [0.25, 0.3) is 5.91 Å². The first-order valence-electron chi connectivity index (χ1n) is 6.02. The molecule has 0 saturated carbocycles. The lowest BCUT2D eigenvalue weighted by atomic mass is 10.0. The van der Waals surface area contributed by atoms with Gasteiger partial charge in [0.2, 0.25) is 5.75 Å². The first kappa shape index (κ1) is 14.9. The number of para-hydroxylation sites is 1. The predicted molar refractivity (Wildman–Crippen MR) is 77.4 cm³/mol. The minimum absolute atomic E-state index is 0.145. The largest absolute Gasteiger partial charge is 0.502 e. The van der Waals surface area contributed by atoms with Gasteiger partial charge in [0.15, 0.2) is 0 Å². The van der Waals surface area contributed by atoms with Crippen LogP contribution in [0.5, 0.6) is 5.75 Å². The second-order valence-corrected chi connectivity index (χ2v) is 5.74. The van der Waals surface area contributed by atoms with E-state index in [1.54, 1.807) is 25.4 Å². The summed E-state index contributed by atoms with van der Waals surface area (Å²) in [6, 6.07) is 3.82. The highest BCUT2D eigenvalue weighted by molar-refractivity contribution is 7.09. The van der Waals surface area contributed by atoms with Crippen LogP contribution in [0.3, 0.4) is 0 Å². The van der Waals surface area contributed by atoms with Gasteiger partial charge in [0.05, 0.1) is 16.0 Å². The van der Waals surface area contributed by atoms with Gasteiger partial charge in [0.1, 0.15) is 5.01 Å². The summed E-state index contributed by atoms with van der Waals surface area (Å²) in [5.41, 5.74) is -1.40. The average Bonchev–Trinajstić information content (AvgIpc) is 2.92. The molecule has 0 radical (unpaired) electrons. The van der Waals surface area contributed by atoms with Crippen molar-refractivity contribution >= 4 is 22.9 Å². The molecular formula is C13H13N3O4S. The standard InChI is InChI=1S/C13H13N3O4S/c1-13(2,12-14-6-7-21-12)15-11(18)8-4-3-5-9(10(8)17)16(19)20/h3-7,17H,1-2H3,(H,15,18). The minimum Gasteiger partial charge on any atom is -0.502 e. The Hall–Kier alpha value is -2.48. The molecular weight excluding hydrogens is 294 g/mol. The van der Waals surface area contributed by atoms with E-state index in [0.717, 1.165) is 6.07 Å². The number of nitro benzene ring substituents is 1. The summed E-state index contributed by atoms with van der Waals surface area (Å²) in [5, 5.41) is 25.8. The SMILES string of the molecule is CC(C)(NC(=O)c1cccc([N+](=O)[O-])c1O)c1nccs1. The molecule has 110 valence electrons. The topological polar surface area (TPSA) is 105 Å². The Balaban J connectivity index is 2.29. The first-order chi connectivity index (χ1) is 9.83. The van der Waals surface area contributed by atoms with Crippen LogP contribution in [-0.2, 0) is 5.54 Å². The van der Waals surface area contributed by atoms with E-state index in [4.69, 9.17) is 0 Å². The van der Waals surface area contributed by atoms with Crippen molar-refractivity contribution in [3.8, 4) is 5.75 Å². The Morgan fingerprint density at radius 1 is 1.48 bits per heavy atom. The fourth-order valence-corrected chi connectivity index (χ4v) is 2.52. The molecule has 2 aromatic rings. The Labute approximate surface area is 124 Å². The molecule has 8 heteroatoms. The lowest BCUT2D eigenvalue weighted by Gasteiger charge is -2.23. The smallest absolute Gasteiger partial charge is 0.311 e. The predicted octanol–water partition coefficient (Wildman–Crippen LogP) is 2.42. The number of hydrogen-bond donors (Lipinski definition) is 2. The van der Waals surface area contributed by atoms with Crippen molar-refractivity contribution in [2.24, 2.45) is 0 Å². The van der Waals surface area contributed by atoms with E-state index in [1.807, 2.05) is 0 Å². The van der Waals surface area contributed by atoms with E-state index in [-0.39, 0.29) is 5.56 Å². The zero-order valence-electron chi connectivity index (χ0n) is 11.4. The van der Waals surface area contributed by atoms with Crippen molar-refractivity contribution in [1.29, 1.82) is 0 Å². The van der Waals surface area contributed by atoms with Crippen molar-refractivity contribution in [2.45, 2.75) is 19.4 Å². The van der Waals surface area contributed by atoms with Gasteiger partial charge in [-0.2, -0.15) is 0 Å². The van der Waals surface area contributed by atoms with Crippen LogP contribution in [0, 0.1) is 10.1 Å². The summed E-state index contributed by atoms with van der Waals surface area (Å²) in [7, 11) is 0. The Morgan fingerprint density at radius 2 is 2.19 bits per heavy atom. The molecule has 1 heterocycles. The van der Waals surface area contributed by atoms with E-state index in [9.17, 15) is 20.0 Å². The number of benzene rings is 1. The van der Waals surface area contributed by atoms with E-state index >= 15 is 0 Å². The lowest BCUT2D eigenvalue weighted by molar-refractivity contribution is -0.385. The van der Waals surface area contributed by atoms with Crippen LogP contribution in [0.25, 0.3) is 0 Å². The molecule has 1 aromatic heterocycles. The summed E-state index contributed by atoms with van der Waals surface area (Å²) in [5.74, 6) is -1.24. The molecule has 0 fully saturated rings. The quantitative estimate of drug-likeness (QED) is 0.666. The van der Waals surface area contributed by atoms with Gasteiger partial charge in [-0.1, -0.05) is 6.07 Å². The van der Waals surface area contributed by atoms with Gasteiger partial charge in [-0.3, -0.25) is 14.9 Å². The number of aromatic nitrogens is 1. The second-order valence-electron chi connectivity index (χ2n) is 4.85. The number of phenolic OH excluding ortho intramolecular Hbond substituents is 1. The van der Waals surface area contributed by atoms with Gasteiger partial charge >= 0.3 is 5.69 Å². The normalized spacial score (nSPS) is 11.1. The molecule has 2 N–H and O–H groups in total. The monoisotopic (exact) mass is 307 g/mol. The van der Waals surface area contributed by atoms with Crippen LogP contribution in [0.2, 0.25) is 0 Å². The number of nitrogens with zero attached hydrogens (tertiary/aromatic N) is 2. The molecule has 2 rings (SSSR count). The number of thiazole rings is 1. The fourth-order valence-electron chi connectivity index (χ4n) is 1.80. The van der Waals surface area contributed by atoms with E-state index in [1.165, 1.54) is 23.5 Å². The van der Waals surface area contributed by atoms with Crippen LogP contribution < -0.4 is 5.32 Å². The van der Waals surface area contributed by atoms with Crippen molar-refractivity contribution < 1.29 is 14.8 Å². The van der Waals surface area contributed by atoms with Crippen LogP contribution in [-0.4, -0.2) is 20.9 Å². The number of phenols is 1. The van der Waals surface area contributed by atoms with Crippen LogP contribution in [0.15, 0.2) is 29.8 Å². The molecule has 1 aromatic carbocycles. The molecule has 0 atom stereocenters. The summed E-state index contributed by atoms with van der Waals surface area (Å²) in [6.07, 6.45) is 1.62. The number of rotatable bonds is 4. The van der Waals surface area contributed by atoms with Crippen molar-refractivity contribution in [2.75, 3.05) is 0 Å². The Kier molecular flexibility index (Phi) is 3.90. The van der Waals surface area contributed by atoms with E-state index in [2.05, 4.69) is 10.3 Å². The number of nitro groups is 1. The number of carbonyl (C=O) groups is 1. The van der Waals surface area contributed by atoms with Crippen LogP contribution >= 0.6 is 11.3 Å². The summed E-state index contributed by atoms with van der Waals surface area (Å²) < 4.78 is 0. The zero-order chi connectivity index (χ0) is 15.6. The van der Waals surface area contributed by atoms with E-state index < -0.39 is 27.8 Å². The second kappa shape index (κ2) is 5.49. The van der Waals surface area contributed by atoms with Crippen molar-refractivity contribution in [3.05, 3.63) is 50.5 Å². The molecule has 7 nitrogen and oxygen atoms in total. The Morgan fingerprint density at radius 3 is 2.76 bits per heavy atom.